The summed E-state index contributed by atoms with van der Waals surface area (Å²) in [4.78, 5) is 19.4. The Labute approximate surface area is 206 Å². The van der Waals surface area contributed by atoms with Crippen molar-refractivity contribution in [2.45, 2.75) is 18.1 Å². The van der Waals surface area contributed by atoms with E-state index in [2.05, 4.69) is 25.0 Å². The van der Waals surface area contributed by atoms with Crippen LogP contribution in [0.1, 0.15) is 12.0 Å². The van der Waals surface area contributed by atoms with Gasteiger partial charge < -0.3 is 14.6 Å². The van der Waals surface area contributed by atoms with Gasteiger partial charge in [-0.25, -0.2) is 9.37 Å². The number of rotatable bonds is 9. The van der Waals surface area contributed by atoms with Crippen LogP contribution in [0.4, 0.5) is 4.39 Å². The molecule has 0 saturated carbocycles. The standard InChI is InChI=1S/C25H27FN6O2S/c26-19-8-6-18(7-9-19)16-32-21-5-2-1-4-20(21)23-24(32)28-25(30-29-23)35-17-22(33)27-10-3-11-31-12-14-34-15-13-31/h1-2,4-9H,3,10-17H2,(H,27,33). The van der Waals surface area contributed by atoms with E-state index in [1.165, 1.54) is 23.9 Å². The highest BCUT2D eigenvalue weighted by Crippen LogP contribution is 2.28. The van der Waals surface area contributed by atoms with Crippen molar-refractivity contribution < 1.29 is 13.9 Å². The second-order valence-corrected chi connectivity index (χ2v) is 9.39. The molecule has 2 aromatic carbocycles. The highest BCUT2D eigenvalue weighted by Gasteiger charge is 2.16. The van der Waals surface area contributed by atoms with Gasteiger partial charge in [0.2, 0.25) is 11.1 Å². The maximum absolute atomic E-state index is 13.4. The molecule has 0 aliphatic carbocycles. The lowest BCUT2D eigenvalue weighted by Crippen LogP contribution is -2.38. The number of carbonyl (C=O) groups is 1. The molecule has 2 aromatic heterocycles. The van der Waals surface area contributed by atoms with E-state index in [-0.39, 0.29) is 17.5 Å². The monoisotopic (exact) mass is 494 g/mol. The summed E-state index contributed by atoms with van der Waals surface area (Å²) in [6.45, 7) is 5.59. The van der Waals surface area contributed by atoms with Crippen LogP contribution in [0.15, 0.2) is 53.7 Å². The molecule has 10 heteroatoms. The first-order valence-electron chi connectivity index (χ1n) is 11.7. The van der Waals surface area contributed by atoms with Crippen molar-refractivity contribution in [3.8, 4) is 0 Å². The van der Waals surface area contributed by atoms with Crippen LogP contribution in [-0.4, -0.2) is 75.7 Å². The lowest BCUT2D eigenvalue weighted by molar-refractivity contribution is -0.118. The Bertz CT molecular complexity index is 1310. The first-order valence-corrected chi connectivity index (χ1v) is 12.7. The topological polar surface area (TPSA) is 85.2 Å². The van der Waals surface area contributed by atoms with Gasteiger partial charge in [-0.05, 0) is 36.7 Å². The first-order chi connectivity index (χ1) is 17.2. The fraction of sp³-hybridized carbons (Fsp3) is 0.360. The van der Waals surface area contributed by atoms with Gasteiger partial charge in [-0.2, -0.15) is 0 Å². The molecule has 1 amide bonds. The zero-order valence-electron chi connectivity index (χ0n) is 19.3. The Hall–Kier alpha value is -3.08. The molecule has 0 radical (unpaired) electrons. The Morgan fingerprint density at radius 3 is 2.71 bits per heavy atom. The predicted octanol–water partition coefficient (Wildman–Crippen LogP) is 3.10. The Morgan fingerprint density at radius 2 is 1.89 bits per heavy atom. The van der Waals surface area contributed by atoms with Crippen molar-refractivity contribution in [3.05, 3.63) is 59.9 Å². The van der Waals surface area contributed by atoms with Gasteiger partial charge in [0.1, 0.15) is 11.3 Å². The van der Waals surface area contributed by atoms with Gasteiger partial charge in [0.15, 0.2) is 5.65 Å². The third-order valence-electron chi connectivity index (χ3n) is 6.02. The fourth-order valence-electron chi connectivity index (χ4n) is 4.22. The molecule has 182 valence electrons. The zero-order valence-corrected chi connectivity index (χ0v) is 20.1. The maximum atomic E-state index is 13.4. The van der Waals surface area contributed by atoms with Crippen LogP contribution in [0, 0.1) is 5.82 Å². The number of fused-ring (bicyclic) bond motifs is 3. The molecule has 1 aliphatic heterocycles. The van der Waals surface area contributed by atoms with E-state index < -0.39 is 0 Å². The smallest absolute Gasteiger partial charge is 0.230 e. The lowest BCUT2D eigenvalue weighted by atomic mass is 10.2. The van der Waals surface area contributed by atoms with Crippen molar-refractivity contribution in [3.63, 3.8) is 0 Å². The van der Waals surface area contributed by atoms with E-state index in [1.54, 1.807) is 12.1 Å². The van der Waals surface area contributed by atoms with Gasteiger partial charge in [-0.15, -0.1) is 10.2 Å². The van der Waals surface area contributed by atoms with E-state index in [1.807, 2.05) is 24.3 Å². The van der Waals surface area contributed by atoms with Crippen molar-refractivity contribution in [2.24, 2.45) is 0 Å². The van der Waals surface area contributed by atoms with E-state index in [9.17, 15) is 9.18 Å². The fourth-order valence-corrected chi connectivity index (χ4v) is 4.83. The van der Waals surface area contributed by atoms with Gasteiger partial charge >= 0.3 is 0 Å². The minimum Gasteiger partial charge on any atom is -0.379 e. The van der Waals surface area contributed by atoms with Crippen molar-refractivity contribution in [2.75, 3.05) is 45.1 Å². The molecule has 1 fully saturated rings. The third-order valence-corrected chi connectivity index (χ3v) is 6.86. The summed E-state index contributed by atoms with van der Waals surface area (Å²) in [6.07, 6.45) is 0.907. The third kappa shape index (κ3) is 5.77. The van der Waals surface area contributed by atoms with E-state index >= 15 is 0 Å². The second-order valence-electron chi connectivity index (χ2n) is 8.44. The van der Waals surface area contributed by atoms with Crippen LogP contribution in [0.2, 0.25) is 0 Å². The zero-order chi connectivity index (χ0) is 24.0. The van der Waals surface area contributed by atoms with E-state index in [0.29, 0.717) is 29.4 Å². The number of hydrogen-bond donors (Lipinski definition) is 1. The van der Waals surface area contributed by atoms with Gasteiger partial charge in [0.25, 0.3) is 0 Å². The van der Waals surface area contributed by atoms with Crippen LogP contribution in [0.3, 0.4) is 0 Å². The molecular formula is C25H27FN6O2S. The molecule has 0 unspecified atom stereocenters. The number of amides is 1. The number of nitrogens with one attached hydrogen (secondary N) is 1. The molecule has 35 heavy (non-hydrogen) atoms. The highest BCUT2D eigenvalue weighted by atomic mass is 32.2. The first kappa shape index (κ1) is 23.7. The molecule has 1 aliphatic rings. The molecular weight excluding hydrogens is 467 g/mol. The van der Waals surface area contributed by atoms with Crippen LogP contribution in [0.5, 0.6) is 0 Å². The summed E-state index contributed by atoms with van der Waals surface area (Å²) in [7, 11) is 0. The Balaban J connectivity index is 1.24. The molecule has 1 saturated heterocycles. The Kier molecular flexibility index (Phi) is 7.51. The molecule has 0 bridgehead atoms. The summed E-state index contributed by atoms with van der Waals surface area (Å²) in [5, 5.41) is 13.1. The average molecular weight is 495 g/mol. The van der Waals surface area contributed by atoms with Crippen molar-refractivity contribution in [1.29, 1.82) is 0 Å². The molecule has 1 N–H and O–H groups in total. The van der Waals surface area contributed by atoms with Crippen LogP contribution < -0.4 is 5.32 Å². The number of nitrogens with zero attached hydrogens (tertiary/aromatic N) is 5. The minimum absolute atomic E-state index is 0.0486. The number of hydrogen-bond acceptors (Lipinski definition) is 7. The van der Waals surface area contributed by atoms with Gasteiger partial charge in [0, 0.05) is 31.6 Å². The Morgan fingerprint density at radius 1 is 1.09 bits per heavy atom. The van der Waals surface area contributed by atoms with Crippen LogP contribution in [0.25, 0.3) is 22.1 Å². The highest BCUT2D eigenvalue weighted by molar-refractivity contribution is 7.99. The summed E-state index contributed by atoms with van der Waals surface area (Å²) in [6, 6.07) is 14.4. The number of thioether (sulfide) groups is 1. The van der Waals surface area contributed by atoms with Crippen LogP contribution >= 0.6 is 11.8 Å². The van der Waals surface area contributed by atoms with Crippen molar-refractivity contribution >= 4 is 39.7 Å². The number of halogens is 1. The number of carbonyl (C=O) groups excluding carboxylic acids is 1. The molecule has 0 atom stereocenters. The van der Waals surface area contributed by atoms with Gasteiger partial charge in [-0.3, -0.25) is 9.69 Å². The molecule has 0 spiro atoms. The summed E-state index contributed by atoms with van der Waals surface area (Å²) in [5.41, 5.74) is 3.34. The number of para-hydroxylation sites is 1. The largest absolute Gasteiger partial charge is 0.379 e. The normalized spacial score (nSPS) is 14.5. The molecule has 4 aromatic rings. The summed E-state index contributed by atoms with van der Waals surface area (Å²) < 4.78 is 20.8. The summed E-state index contributed by atoms with van der Waals surface area (Å²) >= 11 is 1.27. The second kappa shape index (κ2) is 11.1. The minimum atomic E-state index is -0.266. The predicted molar refractivity (Wildman–Crippen MR) is 134 cm³/mol. The SMILES string of the molecule is O=C(CSc1nnc2c3ccccc3n(Cc3ccc(F)cc3)c2n1)NCCCN1CCOCC1. The van der Waals surface area contributed by atoms with Crippen LogP contribution in [-0.2, 0) is 16.1 Å². The average Bonchev–Trinajstić information content (AvgIpc) is 3.20. The molecule has 3 heterocycles. The van der Waals surface area contributed by atoms with Gasteiger partial charge in [-0.1, -0.05) is 42.1 Å². The van der Waals surface area contributed by atoms with E-state index in [4.69, 9.17) is 9.72 Å². The van der Waals surface area contributed by atoms with Gasteiger partial charge in [0.05, 0.1) is 24.5 Å². The quantitative estimate of drug-likeness (QED) is 0.283. The summed E-state index contributed by atoms with van der Waals surface area (Å²) in [5.74, 6) is -0.0892. The molecule has 5 rings (SSSR count). The number of benzene rings is 2. The lowest BCUT2D eigenvalue weighted by Gasteiger charge is -2.26. The number of ether oxygens (including phenoxy) is 1. The maximum Gasteiger partial charge on any atom is 0.230 e. The molecule has 8 nitrogen and oxygen atoms in total. The van der Waals surface area contributed by atoms with E-state index in [0.717, 1.165) is 55.7 Å². The number of morpholine rings is 1. The van der Waals surface area contributed by atoms with Crippen molar-refractivity contribution in [1.82, 2.24) is 30.0 Å². The number of aromatic nitrogens is 4.